The van der Waals surface area contributed by atoms with Crippen molar-refractivity contribution in [3.8, 4) is 5.75 Å². The van der Waals surface area contributed by atoms with Crippen molar-refractivity contribution in [2.24, 2.45) is 0 Å². The van der Waals surface area contributed by atoms with Gasteiger partial charge in [-0.05, 0) is 64.2 Å². The molecule has 0 saturated carbocycles. The molecule has 0 aliphatic rings. The first-order valence-electron chi connectivity index (χ1n) is 6.86. The standard InChI is InChI=1S/C17H17Br3O/c1-3-9-21-16-8-7-12(10-15(16)19)17(20)13-5-4-6-14(18)11(13)2/h4-8,10,17H,3,9H2,1-2H3. The lowest BCUT2D eigenvalue weighted by Crippen LogP contribution is -1.99. The molecular weight excluding hydrogens is 460 g/mol. The fourth-order valence-electron chi connectivity index (χ4n) is 2.08. The van der Waals surface area contributed by atoms with Crippen LogP contribution in [-0.4, -0.2) is 6.61 Å². The van der Waals surface area contributed by atoms with Gasteiger partial charge in [-0.3, -0.25) is 0 Å². The zero-order valence-corrected chi connectivity index (χ0v) is 16.8. The van der Waals surface area contributed by atoms with Crippen LogP contribution >= 0.6 is 47.8 Å². The van der Waals surface area contributed by atoms with Crippen LogP contribution in [0.15, 0.2) is 45.3 Å². The maximum Gasteiger partial charge on any atom is 0.133 e. The van der Waals surface area contributed by atoms with Gasteiger partial charge in [0, 0.05) is 4.47 Å². The van der Waals surface area contributed by atoms with Crippen molar-refractivity contribution in [2.45, 2.75) is 25.1 Å². The smallest absolute Gasteiger partial charge is 0.133 e. The maximum absolute atomic E-state index is 5.70. The SMILES string of the molecule is CCCOc1ccc(C(Br)c2cccc(Br)c2C)cc1Br. The van der Waals surface area contributed by atoms with Gasteiger partial charge in [-0.25, -0.2) is 0 Å². The highest BCUT2D eigenvalue weighted by Crippen LogP contribution is 2.38. The van der Waals surface area contributed by atoms with Gasteiger partial charge in [0.2, 0.25) is 0 Å². The zero-order chi connectivity index (χ0) is 15.4. The second kappa shape index (κ2) is 7.80. The summed E-state index contributed by atoms with van der Waals surface area (Å²) in [6, 6.07) is 12.5. The summed E-state index contributed by atoms with van der Waals surface area (Å²) in [6.45, 7) is 4.97. The Morgan fingerprint density at radius 3 is 2.52 bits per heavy atom. The molecule has 0 amide bonds. The lowest BCUT2D eigenvalue weighted by Gasteiger charge is -2.16. The zero-order valence-electron chi connectivity index (χ0n) is 12.0. The van der Waals surface area contributed by atoms with Crippen LogP contribution in [0, 0.1) is 6.92 Å². The van der Waals surface area contributed by atoms with E-state index in [1.165, 1.54) is 16.7 Å². The number of hydrogen-bond acceptors (Lipinski definition) is 1. The highest BCUT2D eigenvalue weighted by Gasteiger charge is 2.15. The molecule has 2 rings (SSSR count). The Balaban J connectivity index is 2.29. The third kappa shape index (κ3) is 4.11. The summed E-state index contributed by atoms with van der Waals surface area (Å²) < 4.78 is 7.82. The van der Waals surface area contributed by atoms with Crippen LogP contribution in [0.3, 0.4) is 0 Å². The number of benzene rings is 2. The average Bonchev–Trinajstić information content (AvgIpc) is 2.48. The third-order valence-electron chi connectivity index (χ3n) is 3.29. The monoisotopic (exact) mass is 474 g/mol. The van der Waals surface area contributed by atoms with Crippen molar-refractivity contribution in [3.63, 3.8) is 0 Å². The van der Waals surface area contributed by atoms with Crippen LogP contribution in [0.1, 0.15) is 34.9 Å². The van der Waals surface area contributed by atoms with Gasteiger partial charge in [0.1, 0.15) is 5.75 Å². The number of alkyl halides is 1. The topological polar surface area (TPSA) is 9.23 Å². The van der Waals surface area contributed by atoms with Crippen molar-refractivity contribution in [1.82, 2.24) is 0 Å². The highest BCUT2D eigenvalue weighted by molar-refractivity contribution is 9.11. The second-order valence-corrected chi connectivity index (χ2v) is 7.48. The Morgan fingerprint density at radius 1 is 1.10 bits per heavy atom. The minimum atomic E-state index is 0.159. The summed E-state index contributed by atoms with van der Waals surface area (Å²) in [5.74, 6) is 0.895. The minimum Gasteiger partial charge on any atom is -0.492 e. The molecule has 2 aromatic rings. The molecule has 0 N–H and O–H groups in total. The molecule has 0 aliphatic carbocycles. The first kappa shape index (κ1) is 17.0. The van der Waals surface area contributed by atoms with Gasteiger partial charge in [-0.15, -0.1) is 0 Å². The molecule has 0 fully saturated rings. The van der Waals surface area contributed by atoms with E-state index in [1.807, 2.05) is 6.07 Å². The van der Waals surface area contributed by atoms with E-state index in [4.69, 9.17) is 4.74 Å². The summed E-state index contributed by atoms with van der Waals surface area (Å²) in [4.78, 5) is 0.159. The largest absolute Gasteiger partial charge is 0.492 e. The van der Waals surface area contributed by atoms with E-state index >= 15 is 0 Å². The Kier molecular flexibility index (Phi) is 6.33. The maximum atomic E-state index is 5.70. The molecule has 0 spiro atoms. The van der Waals surface area contributed by atoms with Gasteiger partial charge in [-0.1, -0.05) is 57.0 Å². The molecule has 4 heteroatoms. The summed E-state index contributed by atoms with van der Waals surface area (Å²) >= 11 is 11.0. The van der Waals surface area contributed by atoms with E-state index in [0.717, 1.165) is 27.7 Å². The number of halogens is 3. The van der Waals surface area contributed by atoms with E-state index in [2.05, 4.69) is 92.0 Å². The van der Waals surface area contributed by atoms with Gasteiger partial charge in [0.15, 0.2) is 0 Å². The van der Waals surface area contributed by atoms with Crippen LogP contribution < -0.4 is 4.74 Å². The van der Waals surface area contributed by atoms with Gasteiger partial charge in [-0.2, -0.15) is 0 Å². The van der Waals surface area contributed by atoms with Crippen LogP contribution in [0.5, 0.6) is 5.75 Å². The molecule has 0 aromatic heterocycles. The summed E-state index contributed by atoms with van der Waals surface area (Å²) in [6.07, 6.45) is 1.01. The van der Waals surface area contributed by atoms with E-state index in [1.54, 1.807) is 0 Å². The molecule has 0 radical (unpaired) electrons. The third-order valence-corrected chi connectivity index (χ3v) is 5.79. The molecule has 0 bridgehead atoms. The summed E-state index contributed by atoms with van der Waals surface area (Å²) in [5.41, 5.74) is 3.72. The van der Waals surface area contributed by atoms with Crippen LogP contribution in [0.25, 0.3) is 0 Å². The second-order valence-electron chi connectivity index (χ2n) is 4.85. The van der Waals surface area contributed by atoms with E-state index in [-0.39, 0.29) is 4.83 Å². The van der Waals surface area contributed by atoms with Crippen LogP contribution in [0.2, 0.25) is 0 Å². The van der Waals surface area contributed by atoms with Crippen molar-refractivity contribution in [3.05, 3.63) is 62.0 Å². The molecule has 21 heavy (non-hydrogen) atoms. The quantitative estimate of drug-likeness (QED) is 0.431. The fourth-order valence-corrected chi connectivity index (χ4v) is 3.76. The number of hydrogen-bond donors (Lipinski definition) is 0. The number of ether oxygens (including phenoxy) is 1. The van der Waals surface area contributed by atoms with Gasteiger partial charge < -0.3 is 4.74 Å². The summed E-state index contributed by atoms with van der Waals surface area (Å²) in [5, 5.41) is 0. The molecule has 1 unspecified atom stereocenters. The Bertz CT molecular complexity index is 625. The molecule has 0 aliphatic heterocycles. The predicted octanol–water partition coefficient (Wildman–Crippen LogP) is 6.79. The molecule has 1 nitrogen and oxygen atoms in total. The van der Waals surface area contributed by atoms with Crippen molar-refractivity contribution < 1.29 is 4.74 Å². The molecule has 112 valence electrons. The average molecular weight is 477 g/mol. The summed E-state index contributed by atoms with van der Waals surface area (Å²) in [7, 11) is 0. The minimum absolute atomic E-state index is 0.159. The number of rotatable bonds is 5. The van der Waals surface area contributed by atoms with Crippen LogP contribution in [-0.2, 0) is 0 Å². The highest BCUT2D eigenvalue weighted by atomic mass is 79.9. The van der Waals surface area contributed by atoms with E-state index in [9.17, 15) is 0 Å². The van der Waals surface area contributed by atoms with Gasteiger partial charge in [0.05, 0.1) is 15.9 Å². The van der Waals surface area contributed by atoms with E-state index < -0.39 is 0 Å². The molecule has 0 saturated heterocycles. The Hall–Kier alpha value is -0.320. The Morgan fingerprint density at radius 2 is 1.86 bits per heavy atom. The van der Waals surface area contributed by atoms with Gasteiger partial charge in [0.25, 0.3) is 0 Å². The molecule has 1 atom stereocenters. The molecule has 2 aromatic carbocycles. The van der Waals surface area contributed by atoms with Gasteiger partial charge >= 0.3 is 0 Å². The van der Waals surface area contributed by atoms with Crippen molar-refractivity contribution in [2.75, 3.05) is 6.61 Å². The predicted molar refractivity (Wildman–Crippen MR) is 99.6 cm³/mol. The van der Waals surface area contributed by atoms with E-state index in [0.29, 0.717) is 0 Å². The normalized spacial score (nSPS) is 12.2. The van der Waals surface area contributed by atoms with Crippen LogP contribution in [0.4, 0.5) is 0 Å². The fraction of sp³-hybridized carbons (Fsp3) is 0.294. The molecular formula is C17H17Br3O. The Labute approximate surface area is 151 Å². The molecule has 0 heterocycles. The first-order valence-corrected chi connectivity index (χ1v) is 9.36. The van der Waals surface area contributed by atoms with Crippen molar-refractivity contribution in [1.29, 1.82) is 0 Å². The lowest BCUT2D eigenvalue weighted by molar-refractivity contribution is 0.315. The lowest BCUT2D eigenvalue weighted by atomic mass is 10.0. The first-order chi connectivity index (χ1) is 10.0. The van der Waals surface area contributed by atoms with Crippen molar-refractivity contribution >= 4 is 47.8 Å².